The number of nitriles is 2. The Bertz CT molecular complexity index is 1480. The van der Waals surface area contributed by atoms with Crippen LogP contribution in [-0.4, -0.2) is 44.6 Å². The third-order valence-corrected chi connectivity index (χ3v) is 7.13. The lowest BCUT2D eigenvalue weighted by atomic mass is 9.96. The molecule has 0 N–H and O–H groups in total. The maximum atomic E-state index is 13.3. The van der Waals surface area contributed by atoms with Crippen LogP contribution in [0.2, 0.25) is 0 Å². The monoisotopic (exact) mass is 509 g/mol. The standard InChI is InChI=1S/C26H26F3N7O/c1-5-20-14-35(24-23-22(34(4)25(37)33-24)9-7-19(12-31)32-23)15(2)13-36(20)16(3)17-6-8-21(26(27,28)29)18(10-17)11-30/h6-10,15-16,20H,5,13-14H2,1-4H3/t15?,16?,20-/m1/s1. The number of nitrogens with zero attached hydrogens (tertiary/aromatic N) is 7. The van der Waals surface area contributed by atoms with Crippen LogP contribution in [-0.2, 0) is 13.2 Å². The molecule has 1 aliphatic rings. The molecule has 0 saturated carbocycles. The Labute approximate surface area is 212 Å². The number of alkyl halides is 3. The van der Waals surface area contributed by atoms with Gasteiger partial charge in [-0.3, -0.25) is 9.47 Å². The summed E-state index contributed by atoms with van der Waals surface area (Å²) in [4.78, 5) is 25.6. The van der Waals surface area contributed by atoms with Crippen molar-refractivity contribution in [2.75, 3.05) is 18.0 Å². The van der Waals surface area contributed by atoms with Gasteiger partial charge >= 0.3 is 11.9 Å². The fraction of sp³-hybridized carbons (Fsp3) is 0.423. The maximum Gasteiger partial charge on any atom is 0.417 e. The van der Waals surface area contributed by atoms with Crippen LogP contribution in [0.5, 0.6) is 0 Å². The summed E-state index contributed by atoms with van der Waals surface area (Å²) in [6.07, 6.45) is -3.86. The van der Waals surface area contributed by atoms with E-state index in [2.05, 4.69) is 14.9 Å². The SMILES string of the molecule is CC[C@@H]1CN(c2nc(=O)n(C)c3ccc(C#N)nc23)C(C)CN1C(C)c1ccc(C(F)(F)F)c(C#N)c1. The molecule has 37 heavy (non-hydrogen) atoms. The summed E-state index contributed by atoms with van der Waals surface area (Å²) in [6.45, 7) is 6.97. The highest BCUT2D eigenvalue weighted by Crippen LogP contribution is 2.36. The van der Waals surface area contributed by atoms with Crippen molar-refractivity contribution >= 4 is 16.9 Å². The van der Waals surface area contributed by atoms with E-state index in [1.165, 1.54) is 16.7 Å². The molecule has 192 valence electrons. The highest BCUT2D eigenvalue weighted by Gasteiger charge is 2.37. The molecule has 2 unspecified atom stereocenters. The van der Waals surface area contributed by atoms with Gasteiger partial charge in [0.15, 0.2) is 5.82 Å². The summed E-state index contributed by atoms with van der Waals surface area (Å²) in [5, 5.41) is 18.7. The van der Waals surface area contributed by atoms with Gasteiger partial charge in [0, 0.05) is 38.3 Å². The van der Waals surface area contributed by atoms with Gasteiger partial charge in [-0.25, -0.2) is 9.78 Å². The van der Waals surface area contributed by atoms with Crippen molar-refractivity contribution in [3.8, 4) is 12.1 Å². The Morgan fingerprint density at radius 3 is 2.49 bits per heavy atom. The predicted octanol–water partition coefficient (Wildman–Crippen LogP) is 4.14. The number of hydrogen-bond donors (Lipinski definition) is 0. The average molecular weight is 510 g/mol. The lowest BCUT2D eigenvalue weighted by Gasteiger charge is -2.48. The predicted molar refractivity (Wildman–Crippen MR) is 132 cm³/mol. The van der Waals surface area contributed by atoms with Crippen LogP contribution in [0.15, 0.2) is 35.1 Å². The molecule has 0 bridgehead atoms. The molecule has 0 radical (unpaired) electrons. The molecule has 3 heterocycles. The van der Waals surface area contributed by atoms with Crippen molar-refractivity contribution in [3.05, 3.63) is 63.2 Å². The second kappa shape index (κ2) is 9.83. The van der Waals surface area contributed by atoms with E-state index in [1.54, 1.807) is 25.2 Å². The Morgan fingerprint density at radius 2 is 1.86 bits per heavy atom. The van der Waals surface area contributed by atoms with E-state index in [9.17, 15) is 28.5 Å². The molecule has 1 saturated heterocycles. The number of aryl methyl sites for hydroxylation is 1. The van der Waals surface area contributed by atoms with Crippen LogP contribution in [0.25, 0.3) is 11.0 Å². The first-order valence-electron chi connectivity index (χ1n) is 11.9. The van der Waals surface area contributed by atoms with E-state index in [0.29, 0.717) is 35.5 Å². The molecule has 3 aromatic rings. The lowest BCUT2D eigenvalue weighted by molar-refractivity contribution is -0.137. The van der Waals surface area contributed by atoms with Crippen LogP contribution in [0.3, 0.4) is 0 Å². The minimum atomic E-state index is -4.60. The van der Waals surface area contributed by atoms with Gasteiger partial charge in [-0.15, -0.1) is 0 Å². The number of fused-ring (bicyclic) bond motifs is 1. The number of piperazine rings is 1. The van der Waals surface area contributed by atoms with Crippen molar-refractivity contribution in [1.82, 2.24) is 19.4 Å². The highest BCUT2D eigenvalue weighted by atomic mass is 19.4. The molecule has 1 fully saturated rings. The highest BCUT2D eigenvalue weighted by molar-refractivity contribution is 5.86. The number of pyridine rings is 1. The average Bonchev–Trinajstić information content (AvgIpc) is 2.89. The van der Waals surface area contributed by atoms with E-state index in [4.69, 9.17) is 0 Å². The lowest BCUT2D eigenvalue weighted by Crippen LogP contribution is -2.58. The Kier molecular flexibility index (Phi) is 6.94. The summed E-state index contributed by atoms with van der Waals surface area (Å²) in [6, 6.07) is 10.3. The normalized spacial score (nSPS) is 19.4. The van der Waals surface area contributed by atoms with E-state index >= 15 is 0 Å². The Hall–Kier alpha value is -3.96. The molecule has 4 rings (SSSR count). The summed E-state index contributed by atoms with van der Waals surface area (Å²) in [5.41, 5.74) is 0.108. The first-order chi connectivity index (χ1) is 17.5. The number of hydrogen-bond acceptors (Lipinski definition) is 7. The van der Waals surface area contributed by atoms with Gasteiger partial charge in [-0.1, -0.05) is 13.0 Å². The zero-order valence-electron chi connectivity index (χ0n) is 20.9. The zero-order chi connectivity index (χ0) is 27.1. The van der Waals surface area contributed by atoms with E-state index in [0.717, 1.165) is 12.5 Å². The third kappa shape index (κ3) is 4.75. The van der Waals surface area contributed by atoms with Crippen molar-refractivity contribution < 1.29 is 13.2 Å². The van der Waals surface area contributed by atoms with E-state index in [1.807, 2.05) is 31.7 Å². The second-order valence-electron chi connectivity index (χ2n) is 9.30. The Balaban J connectivity index is 1.70. The van der Waals surface area contributed by atoms with Gasteiger partial charge in [0.05, 0.1) is 22.7 Å². The van der Waals surface area contributed by atoms with E-state index < -0.39 is 23.0 Å². The summed E-state index contributed by atoms with van der Waals surface area (Å²) >= 11 is 0. The van der Waals surface area contributed by atoms with Crippen molar-refractivity contribution in [2.45, 2.75) is 51.5 Å². The molecular formula is C26H26F3N7O. The maximum absolute atomic E-state index is 13.3. The molecule has 1 aliphatic heterocycles. The molecular weight excluding hydrogens is 483 g/mol. The van der Waals surface area contributed by atoms with Gasteiger partial charge < -0.3 is 4.90 Å². The quantitative estimate of drug-likeness (QED) is 0.521. The van der Waals surface area contributed by atoms with Gasteiger partial charge in [0.25, 0.3) is 0 Å². The zero-order valence-corrected chi connectivity index (χ0v) is 20.9. The Morgan fingerprint density at radius 1 is 1.14 bits per heavy atom. The van der Waals surface area contributed by atoms with Gasteiger partial charge in [-0.05, 0) is 50.1 Å². The van der Waals surface area contributed by atoms with Crippen molar-refractivity contribution in [3.63, 3.8) is 0 Å². The smallest absolute Gasteiger partial charge is 0.349 e. The van der Waals surface area contributed by atoms with Crippen LogP contribution in [0, 0.1) is 22.7 Å². The van der Waals surface area contributed by atoms with Gasteiger partial charge in [-0.2, -0.15) is 28.7 Å². The number of rotatable bonds is 4. The number of benzene rings is 1. The molecule has 8 nitrogen and oxygen atoms in total. The molecule has 3 atom stereocenters. The van der Waals surface area contributed by atoms with Crippen LogP contribution in [0.1, 0.15) is 55.6 Å². The fourth-order valence-corrected chi connectivity index (χ4v) is 5.02. The molecule has 2 aromatic heterocycles. The summed E-state index contributed by atoms with van der Waals surface area (Å²) < 4.78 is 41.3. The topological polar surface area (TPSA) is 102 Å². The summed E-state index contributed by atoms with van der Waals surface area (Å²) in [5.74, 6) is 0.412. The van der Waals surface area contributed by atoms with Gasteiger partial charge in [0.2, 0.25) is 0 Å². The first kappa shape index (κ1) is 26.1. The molecule has 0 amide bonds. The molecule has 1 aromatic carbocycles. The van der Waals surface area contributed by atoms with Gasteiger partial charge in [0.1, 0.15) is 17.3 Å². The first-order valence-corrected chi connectivity index (χ1v) is 11.9. The third-order valence-electron chi connectivity index (χ3n) is 7.13. The van der Waals surface area contributed by atoms with Crippen molar-refractivity contribution in [2.24, 2.45) is 7.05 Å². The number of aromatic nitrogens is 3. The van der Waals surface area contributed by atoms with Crippen LogP contribution < -0.4 is 10.6 Å². The number of anilines is 1. The molecule has 0 spiro atoms. The second-order valence-corrected chi connectivity index (χ2v) is 9.30. The summed E-state index contributed by atoms with van der Waals surface area (Å²) in [7, 11) is 1.60. The van der Waals surface area contributed by atoms with Crippen LogP contribution >= 0.6 is 0 Å². The minimum Gasteiger partial charge on any atom is -0.349 e. The molecule has 0 aliphatic carbocycles. The van der Waals surface area contributed by atoms with E-state index in [-0.39, 0.29) is 23.8 Å². The van der Waals surface area contributed by atoms with Crippen molar-refractivity contribution in [1.29, 1.82) is 10.5 Å². The number of halogens is 3. The largest absolute Gasteiger partial charge is 0.417 e. The minimum absolute atomic E-state index is 0.0147. The molecule has 11 heteroatoms. The van der Waals surface area contributed by atoms with Crippen LogP contribution in [0.4, 0.5) is 19.0 Å². The fourth-order valence-electron chi connectivity index (χ4n) is 5.02.